The van der Waals surface area contributed by atoms with Crippen LogP contribution in [0.1, 0.15) is 51.4 Å². The van der Waals surface area contributed by atoms with Crippen LogP contribution in [0.2, 0.25) is 0 Å². The third-order valence-electron chi connectivity index (χ3n) is 10.4. The van der Waals surface area contributed by atoms with Crippen LogP contribution in [0.3, 0.4) is 0 Å². The van der Waals surface area contributed by atoms with E-state index in [1.807, 2.05) is 19.3 Å². The van der Waals surface area contributed by atoms with Crippen LogP contribution in [0, 0.1) is 21.4 Å². The maximum atomic E-state index is 11.8. The van der Waals surface area contributed by atoms with E-state index in [0.29, 0.717) is 17.2 Å². The van der Waals surface area contributed by atoms with Crippen LogP contribution < -0.4 is 15.0 Å². The largest absolute Gasteiger partial charge is 0.490 e. The molecular formula is C31H47N7O3. The summed E-state index contributed by atoms with van der Waals surface area (Å²) in [6.45, 7) is 10.6. The normalized spacial score (nSPS) is 23.2. The predicted molar refractivity (Wildman–Crippen MR) is 162 cm³/mol. The van der Waals surface area contributed by atoms with Gasteiger partial charge in [0.15, 0.2) is 5.75 Å². The average molecular weight is 566 g/mol. The van der Waals surface area contributed by atoms with E-state index in [0.717, 1.165) is 48.7 Å². The maximum Gasteiger partial charge on any atom is 0.311 e. The number of aryl methyl sites for hydroxylation is 1. The van der Waals surface area contributed by atoms with Crippen LogP contribution in [0.4, 0.5) is 11.4 Å². The van der Waals surface area contributed by atoms with Crippen LogP contribution in [0.25, 0.3) is 11.1 Å². The zero-order valence-corrected chi connectivity index (χ0v) is 24.9. The summed E-state index contributed by atoms with van der Waals surface area (Å²) in [5.74, 6) is 1.14. The van der Waals surface area contributed by atoms with E-state index < -0.39 is 0 Å². The van der Waals surface area contributed by atoms with Gasteiger partial charge in [-0.2, -0.15) is 5.10 Å². The first kappa shape index (κ1) is 28.4. The molecule has 4 aliphatic rings. The second-order valence-corrected chi connectivity index (χ2v) is 13.0. The van der Waals surface area contributed by atoms with Crippen molar-refractivity contribution < 1.29 is 9.66 Å². The number of hydrogen-bond donors (Lipinski definition) is 1. The number of rotatable bonds is 7. The first-order valence-electron chi connectivity index (χ1n) is 15.7. The first-order chi connectivity index (χ1) is 19.9. The number of nitrogens with zero attached hydrogens (tertiary/aromatic N) is 6. The Bertz CT molecular complexity index is 1190. The summed E-state index contributed by atoms with van der Waals surface area (Å²) in [6, 6.07) is 4.11. The summed E-state index contributed by atoms with van der Waals surface area (Å²) in [7, 11) is 3.37. The number of likely N-dealkylation sites (tertiary alicyclic amines) is 2. The lowest BCUT2D eigenvalue weighted by Gasteiger charge is -2.47. The molecule has 0 amide bonds. The summed E-state index contributed by atoms with van der Waals surface area (Å²) in [5.41, 5.74) is 3.29. The van der Waals surface area contributed by atoms with Crippen LogP contribution in [0.5, 0.6) is 5.75 Å². The van der Waals surface area contributed by atoms with Gasteiger partial charge in [-0.3, -0.25) is 14.8 Å². The highest BCUT2D eigenvalue weighted by Crippen LogP contribution is 2.42. The Labute approximate surface area is 244 Å². The number of benzene rings is 1. The number of anilines is 1. The summed E-state index contributed by atoms with van der Waals surface area (Å²) in [6.07, 6.45) is 14.1. The van der Waals surface area contributed by atoms with Gasteiger partial charge in [0.25, 0.3) is 0 Å². The number of piperidine rings is 4. The Morgan fingerprint density at radius 2 is 1.83 bits per heavy atom. The number of nitro benzene ring substituents is 1. The van der Waals surface area contributed by atoms with Gasteiger partial charge in [0, 0.05) is 74.4 Å². The SMILES string of the molecule is COc1cc(N2CCC(N3CCC(CN4CCCC5(CCNCC5)C4)CC3)CC2)c(-c2cnn(C)c2)cc1[N+](=O)[O-]. The highest BCUT2D eigenvalue weighted by molar-refractivity contribution is 5.82. The van der Waals surface area contributed by atoms with Crippen molar-refractivity contribution in [3.63, 3.8) is 0 Å². The van der Waals surface area contributed by atoms with Crippen molar-refractivity contribution in [2.45, 2.75) is 57.4 Å². The predicted octanol–water partition coefficient (Wildman–Crippen LogP) is 4.15. The molecule has 1 N–H and O–H groups in total. The molecule has 0 bridgehead atoms. The molecule has 10 heteroatoms. The van der Waals surface area contributed by atoms with Crippen molar-refractivity contribution in [2.24, 2.45) is 18.4 Å². The fourth-order valence-electron chi connectivity index (χ4n) is 8.09. The number of nitrogens with one attached hydrogen (secondary N) is 1. The zero-order valence-electron chi connectivity index (χ0n) is 24.9. The lowest BCUT2D eigenvalue weighted by Crippen LogP contribution is -2.51. The van der Waals surface area contributed by atoms with Gasteiger partial charge in [-0.15, -0.1) is 0 Å². The maximum absolute atomic E-state index is 11.8. The van der Waals surface area contributed by atoms with Gasteiger partial charge in [-0.05, 0) is 95.4 Å². The third-order valence-corrected chi connectivity index (χ3v) is 10.4. The molecule has 1 spiro atoms. The van der Waals surface area contributed by atoms with Gasteiger partial charge >= 0.3 is 5.69 Å². The fraction of sp³-hybridized carbons (Fsp3) is 0.710. The summed E-state index contributed by atoms with van der Waals surface area (Å²) < 4.78 is 7.18. The van der Waals surface area contributed by atoms with Crippen LogP contribution in [-0.2, 0) is 7.05 Å². The highest BCUT2D eigenvalue weighted by atomic mass is 16.6. The quantitative estimate of drug-likeness (QED) is 0.396. The monoisotopic (exact) mass is 565 g/mol. The van der Waals surface area contributed by atoms with E-state index in [4.69, 9.17) is 4.74 Å². The van der Waals surface area contributed by atoms with Crippen molar-refractivity contribution in [3.8, 4) is 16.9 Å². The molecule has 0 unspecified atom stereocenters. The van der Waals surface area contributed by atoms with E-state index in [2.05, 4.69) is 25.1 Å². The van der Waals surface area contributed by atoms with Gasteiger partial charge in [-0.1, -0.05) is 0 Å². The molecule has 6 rings (SSSR count). The van der Waals surface area contributed by atoms with Crippen molar-refractivity contribution in [1.29, 1.82) is 0 Å². The minimum Gasteiger partial charge on any atom is -0.490 e. The molecule has 0 aliphatic carbocycles. The number of aromatic nitrogens is 2. The number of methoxy groups -OCH3 is 1. The van der Waals surface area contributed by atoms with E-state index in [1.165, 1.54) is 91.4 Å². The van der Waals surface area contributed by atoms with E-state index in [1.54, 1.807) is 16.9 Å². The number of hydrogen-bond acceptors (Lipinski definition) is 8. The zero-order chi connectivity index (χ0) is 28.4. The van der Waals surface area contributed by atoms with Crippen LogP contribution in [-0.4, -0.2) is 96.6 Å². The standard InChI is InChI=1S/C31H47N7O3/c1-34-22-25(20-33-34)27-18-29(38(39)40)30(41-2)19-28(27)37-16-6-26(7-17-37)36-14-4-24(5-15-36)21-35-13-3-8-31(23-35)9-11-32-12-10-31/h18-20,22,24,26,32H,3-17,21,23H2,1-2H3. The van der Waals surface area contributed by atoms with Crippen LogP contribution >= 0.6 is 0 Å². The summed E-state index contributed by atoms with van der Waals surface area (Å²) >= 11 is 0. The molecule has 224 valence electrons. The Morgan fingerprint density at radius 3 is 2.49 bits per heavy atom. The Hall–Kier alpha value is -2.69. The molecule has 4 aliphatic heterocycles. The molecule has 5 heterocycles. The summed E-state index contributed by atoms with van der Waals surface area (Å²) in [4.78, 5) is 19.3. The average Bonchev–Trinajstić information content (AvgIpc) is 3.43. The molecule has 4 saturated heterocycles. The Kier molecular flexibility index (Phi) is 8.51. The molecule has 0 saturated carbocycles. The molecule has 4 fully saturated rings. The molecule has 2 aromatic rings. The molecular weight excluding hydrogens is 518 g/mol. The molecule has 10 nitrogen and oxygen atoms in total. The van der Waals surface area contributed by atoms with Crippen molar-refractivity contribution in [1.82, 2.24) is 24.9 Å². The molecule has 0 radical (unpaired) electrons. The van der Waals surface area contributed by atoms with Crippen molar-refractivity contribution >= 4 is 11.4 Å². The summed E-state index contributed by atoms with van der Waals surface area (Å²) in [5, 5.41) is 19.6. The second kappa shape index (κ2) is 12.3. The first-order valence-corrected chi connectivity index (χ1v) is 15.7. The Morgan fingerprint density at radius 1 is 1.07 bits per heavy atom. The molecule has 0 atom stereocenters. The van der Waals surface area contributed by atoms with Crippen molar-refractivity contribution in [3.05, 3.63) is 34.6 Å². The van der Waals surface area contributed by atoms with Crippen LogP contribution in [0.15, 0.2) is 24.5 Å². The third kappa shape index (κ3) is 6.24. The van der Waals surface area contributed by atoms with E-state index in [9.17, 15) is 10.1 Å². The lowest BCUT2D eigenvalue weighted by molar-refractivity contribution is -0.385. The van der Waals surface area contributed by atoms with Gasteiger partial charge in [0.1, 0.15) is 0 Å². The molecule has 1 aromatic heterocycles. The topological polar surface area (TPSA) is 91.9 Å². The van der Waals surface area contributed by atoms with E-state index >= 15 is 0 Å². The van der Waals surface area contributed by atoms with Crippen molar-refractivity contribution in [2.75, 3.05) is 70.9 Å². The number of nitro groups is 1. The minimum absolute atomic E-state index is 0.0108. The molecule has 1 aromatic carbocycles. The lowest BCUT2D eigenvalue weighted by atomic mass is 9.72. The number of ether oxygens (including phenoxy) is 1. The van der Waals surface area contributed by atoms with E-state index in [-0.39, 0.29) is 10.6 Å². The second-order valence-electron chi connectivity index (χ2n) is 13.0. The smallest absolute Gasteiger partial charge is 0.311 e. The molecule has 41 heavy (non-hydrogen) atoms. The van der Waals surface area contributed by atoms with Gasteiger partial charge < -0.3 is 24.8 Å². The van der Waals surface area contributed by atoms with Gasteiger partial charge in [-0.25, -0.2) is 0 Å². The minimum atomic E-state index is -0.366. The Balaban J connectivity index is 1.05. The van der Waals surface area contributed by atoms with Gasteiger partial charge in [0.05, 0.1) is 18.2 Å². The fourth-order valence-corrected chi connectivity index (χ4v) is 8.09. The highest BCUT2D eigenvalue weighted by Gasteiger charge is 2.37. The van der Waals surface area contributed by atoms with Gasteiger partial charge in [0.2, 0.25) is 0 Å².